The maximum absolute atomic E-state index is 13.4. The largest absolute Gasteiger partial charge is 0.467 e. The normalized spacial score (nSPS) is 12.6. The van der Waals surface area contributed by atoms with E-state index in [4.69, 9.17) is 4.74 Å². The van der Waals surface area contributed by atoms with Gasteiger partial charge in [-0.3, -0.25) is 18.3 Å². The number of hydrogen-bond acceptors (Lipinski definition) is 5. The zero-order valence-electron chi connectivity index (χ0n) is 18.7. The first-order valence-electron chi connectivity index (χ1n) is 9.97. The Labute approximate surface area is 178 Å². The van der Waals surface area contributed by atoms with Gasteiger partial charge in [0.2, 0.25) is 5.78 Å². The molecule has 0 spiro atoms. The number of carbonyl (C=O) groups excluding carboxylic acids is 1. The fourth-order valence-corrected chi connectivity index (χ4v) is 4.01. The van der Waals surface area contributed by atoms with Crippen molar-refractivity contribution in [3.8, 4) is 5.69 Å². The standard InChI is InChI=1S/C22H25N5O4/c1-11-8-9-16(10-12(11)2)25-13(3)14(4)26-17-18(23-21(25)26)24(6)22(30)27(19(17)28)15(5)20(29)31-7/h8-10,15H,1-7H3. The third-order valence-electron chi connectivity index (χ3n) is 6.15. The predicted octanol–water partition coefficient (Wildman–Crippen LogP) is 2.11. The highest BCUT2D eigenvalue weighted by Gasteiger charge is 2.27. The molecule has 4 aromatic rings. The number of methoxy groups -OCH3 is 1. The average Bonchev–Trinajstić information content (AvgIpc) is 3.23. The molecule has 31 heavy (non-hydrogen) atoms. The number of benzene rings is 1. The Morgan fingerprint density at radius 2 is 1.74 bits per heavy atom. The van der Waals surface area contributed by atoms with Crippen molar-refractivity contribution < 1.29 is 9.53 Å². The van der Waals surface area contributed by atoms with E-state index in [0.717, 1.165) is 27.2 Å². The van der Waals surface area contributed by atoms with Gasteiger partial charge in [0.1, 0.15) is 6.04 Å². The number of nitrogens with zero attached hydrogens (tertiary/aromatic N) is 5. The van der Waals surface area contributed by atoms with Gasteiger partial charge in [0.25, 0.3) is 5.56 Å². The summed E-state index contributed by atoms with van der Waals surface area (Å²) >= 11 is 0. The van der Waals surface area contributed by atoms with Crippen molar-refractivity contribution in [3.63, 3.8) is 0 Å². The van der Waals surface area contributed by atoms with E-state index in [2.05, 4.69) is 11.1 Å². The molecule has 0 radical (unpaired) electrons. The summed E-state index contributed by atoms with van der Waals surface area (Å²) in [6.07, 6.45) is 0. The molecule has 4 rings (SSSR count). The second-order valence-electron chi connectivity index (χ2n) is 7.91. The lowest BCUT2D eigenvalue weighted by Gasteiger charge is -2.13. The van der Waals surface area contributed by atoms with Crippen molar-refractivity contribution in [1.82, 2.24) is 23.1 Å². The summed E-state index contributed by atoms with van der Waals surface area (Å²) in [6.45, 7) is 9.42. The SMILES string of the molecule is COC(=O)C(C)n1c(=O)c2c(nc3n(-c4ccc(C)c(C)c4)c(C)c(C)n23)n(C)c1=O. The summed E-state index contributed by atoms with van der Waals surface area (Å²) in [5.74, 6) is -0.135. The number of ether oxygens (including phenoxy) is 1. The van der Waals surface area contributed by atoms with Gasteiger partial charge in [0.05, 0.1) is 7.11 Å². The molecule has 9 nitrogen and oxygen atoms in total. The summed E-state index contributed by atoms with van der Waals surface area (Å²) in [4.78, 5) is 43.1. The van der Waals surface area contributed by atoms with Gasteiger partial charge < -0.3 is 4.74 Å². The summed E-state index contributed by atoms with van der Waals surface area (Å²) in [7, 11) is 2.76. The van der Waals surface area contributed by atoms with Gasteiger partial charge in [-0.2, -0.15) is 4.98 Å². The predicted molar refractivity (Wildman–Crippen MR) is 117 cm³/mol. The van der Waals surface area contributed by atoms with E-state index < -0.39 is 23.3 Å². The number of hydrogen-bond donors (Lipinski definition) is 0. The maximum Gasteiger partial charge on any atom is 0.333 e. The van der Waals surface area contributed by atoms with E-state index >= 15 is 0 Å². The van der Waals surface area contributed by atoms with Crippen LogP contribution in [0, 0.1) is 27.7 Å². The molecule has 1 atom stereocenters. The van der Waals surface area contributed by atoms with Gasteiger partial charge in [-0.05, 0) is 57.9 Å². The number of rotatable bonds is 3. The van der Waals surface area contributed by atoms with Crippen LogP contribution in [0.2, 0.25) is 0 Å². The molecule has 1 aromatic carbocycles. The quantitative estimate of drug-likeness (QED) is 0.471. The van der Waals surface area contributed by atoms with Gasteiger partial charge in [0, 0.05) is 24.1 Å². The Hall–Kier alpha value is -3.62. The molecular weight excluding hydrogens is 398 g/mol. The van der Waals surface area contributed by atoms with Crippen LogP contribution in [0.25, 0.3) is 22.6 Å². The molecule has 0 N–H and O–H groups in total. The summed E-state index contributed by atoms with van der Waals surface area (Å²) in [5.41, 5.74) is 4.29. The zero-order valence-corrected chi connectivity index (χ0v) is 18.7. The summed E-state index contributed by atoms with van der Waals surface area (Å²) in [6, 6.07) is 5.05. The topological polar surface area (TPSA) is 92.5 Å². The molecule has 0 saturated heterocycles. The first kappa shape index (κ1) is 20.6. The van der Waals surface area contributed by atoms with E-state index in [-0.39, 0.29) is 11.2 Å². The number of aryl methyl sites for hydroxylation is 4. The average molecular weight is 423 g/mol. The van der Waals surface area contributed by atoms with Gasteiger partial charge >= 0.3 is 11.7 Å². The number of aromatic nitrogens is 5. The Balaban J connectivity index is 2.16. The molecule has 0 aliphatic carbocycles. The van der Waals surface area contributed by atoms with Crippen molar-refractivity contribution in [2.24, 2.45) is 7.05 Å². The monoisotopic (exact) mass is 423 g/mol. The molecule has 0 aliphatic rings. The van der Waals surface area contributed by atoms with E-state index in [1.165, 1.54) is 24.2 Å². The van der Waals surface area contributed by atoms with Gasteiger partial charge in [0.15, 0.2) is 11.2 Å². The highest BCUT2D eigenvalue weighted by Crippen LogP contribution is 2.25. The Morgan fingerprint density at radius 1 is 1.06 bits per heavy atom. The lowest BCUT2D eigenvalue weighted by Crippen LogP contribution is -2.43. The highest BCUT2D eigenvalue weighted by molar-refractivity contribution is 5.78. The van der Waals surface area contributed by atoms with E-state index in [0.29, 0.717) is 5.78 Å². The van der Waals surface area contributed by atoms with Crippen molar-refractivity contribution in [2.75, 3.05) is 7.11 Å². The van der Waals surface area contributed by atoms with Gasteiger partial charge in [-0.25, -0.2) is 14.2 Å². The summed E-state index contributed by atoms with van der Waals surface area (Å²) < 4.78 is 10.7. The molecule has 0 fully saturated rings. The Morgan fingerprint density at radius 3 is 2.35 bits per heavy atom. The minimum Gasteiger partial charge on any atom is -0.467 e. The zero-order chi connectivity index (χ0) is 22.8. The second-order valence-corrected chi connectivity index (χ2v) is 7.91. The fourth-order valence-electron chi connectivity index (χ4n) is 4.01. The second kappa shape index (κ2) is 6.97. The minimum atomic E-state index is -1.06. The summed E-state index contributed by atoms with van der Waals surface area (Å²) in [5, 5.41) is 0. The van der Waals surface area contributed by atoms with Crippen molar-refractivity contribution in [3.05, 3.63) is 61.6 Å². The lowest BCUT2D eigenvalue weighted by atomic mass is 10.1. The highest BCUT2D eigenvalue weighted by atomic mass is 16.5. The molecule has 0 aliphatic heterocycles. The van der Waals surface area contributed by atoms with Crippen LogP contribution in [-0.4, -0.2) is 36.2 Å². The van der Waals surface area contributed by atoms with Crippen LogP contribution in [0.4, 0.5) is 0 Å². The number of fused-ring (bicyclic) bond motifs is 3. The number of esters is 1. The van der Waals surface area contributed by atoms with E-state index in [9.17, 15) is 14.4 Å². The molecule has 1 unspecified atom stereocenters. The van der Waals surface area contributed by atoms with E-state index in [1.54, 1.807) is 11.4 Å². The van der Waals surface area contributed by atoms with Crippen molar-refractivity contribution in [1.29, 1.82) is 0 Å². The molecule has 0 saturated carbocycles. The van der Waals surface area contributed by atoms with Crippen LogP contribution >= 0.6 is 0 Å². The first-order chi connectivity index (χ1) is 14.6. The lowest BCUT2D eigenvalue weighted by molar-refractivity contribution is -0.144. The number of imidazole rings is 2. The molecule has 162 valence electrons. The van der Waals surface area contributed by atoms with E-state index in [1.807, 2.05) is 44.4 Å². The van der Waals surface area contributed by atoms with Crippen LogP contribution in [0.15, 0.2) is 27.8 Å². The van der Waals surface area contributed by atoms with Crippen molar-refractivity contribution >= 4 is 22.9 Å². The fraction of sp³-hybridized carbons (Fsp3) is 0.364. The molecule has 0 bridgehead atoms. The van der Waals surface area contributed by atoms with Crippen LogP contribution < -0.4 is 11.2 Å². The van der Waals surface area contributed by atoms with Gasteiger partial charge in [-0.15, -0.1) is 0 Å². The van der Waals surface area contributed by atoms with Crippen molar-refractivity contribution in [2.45, 2.75) is 40.7 Å². The molecule has 3 aromatic heterocycles. The van der Waals surface area contributed by atoms with Gasteiger partial charge in [-0.1, -0.05) is 6.07 Å². The Kier molecular flexibility index (Phi) is 4.64. The van der Waals surface area contributed by atoms with Crippen LogP contribution in [0.5, 0.6) is 0 Å². The van der Waals surface area contributed by atoms with Crippen LogP contribution in [0.3, 0.4) is 0 Å². The minimum absolute atomic E-state index is 0.246. The third-order valence-corrected chi connectivity index (χ3v) is 6.15. The molecule has 0 amide bonds. The Bertz CT molecular complexity index is 1500. The smallest absolute Gasteiger partial charge is 0.333 e. The van der Waals surface area contributed by atoms with Crippen LogP contribution in [0.1, 0.15) is 35.5 Å². The maximum atomic E-state index is 13.4. The molecule has 3 heterocycles. The third kappa shape index (κ3) is 2.76. The molecular formula is C22H25N5O4. The molecule has 9 heteroatoms. The van der Waals surface area contributed by atoms with Crippen LogP contribution in [-0.2, 0) is 16.6 Å². The first-order valence-corrected chi connectivity index (χ1v) is 9.97. The number of carbonyl (C=O) groups is 1.